The van der Waals surface area contributed by atoms with E-state index in [4.69, 9.17) is 0 Å². The summed E-state index contributed by atoms with van der Waals surface area (Å²) in [6, 6.07) is 16.0. The van der Waals surface area contributed by atoms with Gasteiger partial charge in [0, 0.05) is 35.2 Å². The van der Waals surface area contributed by atoms with Crippen molar-refractivity contribution in [3.8, 4) is 10.4 Å². The summed E-state index contributed by atoms with van der Waals surface area (Å²) < 4.78 is 0. The van der Waals surface area contributed by atoms with Crippen LogP contribution in [0.25, 0.3) is 21.2 Å². The van der Waals surface area contributed by atoms with Crippen molar-refractivity contribution in [3.05, 3.63) is 59.0 Å². The summed E-state index contributed by atoms with van der Waals surface area (Å²) >= 11 is 1.84. The van der Waals surface area contributed by atoms with Gasteiger partial charge in [0.25, 0.3) is 0 Å². The molecule has 1 aliphatic heterocycles. The van der Waals surface area contributed by atoms with Gasteiger partial charge in [0.2, 0.25) is 5.91 Å². The molecule has 1 amide bonds. The van der Waals surface area contributed by atoms with Crippen molar-refractivity contribution in [1.82, 2.24) is 4.90 Å². The van der Waals surface area contributed by atoms with Gasteiger partial charge in [0.1, 0.15) is 0 Å². The average Bonchev–Trinajstić information content (AvgIpc) is 3.09. The predicted molar refractivity (Wildman–Crippen MR) is 109 cm³/mol. The molecular formula is C23H23NOS. The van der Waals surface area contributed by atoms with Crippen LogP contribution in [0.4, 0.5) is 0 Å². The van der Waals surface area contributed by atoms with Crippen LogP contribution in [0.5, 0.6) is 0 Å². The molecule has 2 nitrogen and oxygen atoms in total. The topological polar surface area (TPSA) is 20.3 Å². The summed E-state index contributed by atoms with van der Waals surface area (Å²) in [5.41, 5.74) is 4.35. The molecule has 0 N–H and O–H groups in total. The molecule has 2 heterocycles. The number of rotatable bonds is 1. The van der Waals surface area contributed by atoms with Gasteiger partial charge in [-0.2, -0.15) is 0 Å². The molecule has 3 aromatic rings. The molecule has 1 aromatic heterocycles. The van der Waals surface area contributed by atoms with Crippen molar-refractivity contribution in [2.75, 3.05) is 7.05 Å². The molecule has 1 saturated heterocycles. The van der Waals surface area contributed by atoms with Crippen LogP contribution in [0.2, 0.25) is 0 Å². The zero-order chi connectivity index (χ0) is 17.9. The van der Waals surface area contributed by atoms with E-state index in [-0.39, 0.29) is 5.41 Å². The first-order chi connectivity index (χ1) is 12.6. The molecule has 26 heavy (non-hydrogen) atoms. The zero-order valence-corrected chi connectivity index (χ0v) is 16.1. The lowest BCUT2D eigenvalue weighted by Crippen LogP contribution is -2.56. The first kappa shape index (κ1) is 16.1. The number of carbonyl (C=O) groups excluding carboxylic acids is 1. The fourth-order valence-corrected chi connectivity index (χ4v) is 6.17. The molecule has 3 heteroatoms. The van der Waals surface area contributed by atoms with Crippen LogP contribution in [-0.4, -0.2) is 23.9 Å². The number of fused-ring (bicyclic) bond motifs is 4. The normalized spacial score (nSPS) is 25.2. The van der Waals surface area contributed by atoms with Crippen LogP contribution in [0.1, 0.15) is 37.3 Å². The Morgan fingerprint density at radius 1 is 1.15 bits per heavy atom. The lowest BCUT2D eigenvalue weighted by molar-refractivity contribution is -0.138. The monoisotopic (exact) mass is 361 g/mol. The largest absolute Gasteiger partial charge is 0.342 e. The molecule has 0 unspecified atom stereocenters. The number of likely N-dealkylation sites (N-methyl/N-ethyl adjacent to an activating group) is 1. The number of carbonyl (C=O) groups is 1. The van der Waals surface area contributed by atoms with Crippen LogP contribution in [0.15, 0.2) is 47.8 Å². The van der Waals surface area contributed by atoms with E-state index in [1.165, 1.54) is 32.3 Å². The number of thiophene rings is 1. The number of amides is 1. The SMILES string of the molecule is CN1C(=O)CC[C@]2(C)c3ccc(-c4scc5ccccc45)cc3CC[C@@H]12. The minimum Gasteiger partial charge on any atom is -0.342 e. The van der Waals surface area contributed by atoms with Gasteiger partial charge in [0.15, 0.2) is 0 Å². The van der Waals surface area contributed by atoms with E-state index in [1.807, 2.05) is 23.3 Å². The highest BCUT2D eigenvalue weighted by Crippen LogP contribution is 2.47. The smallest absolute Gasteiger partial charge is 0.222 e. The highest BCUT2D eigenvalue weighted by atomic mass is 32.1. The Labute approximate surface area is 158 Å². The minimum atomic E-state index is 0.0896. The molecule has 2 aromatic carbocycles. The fourth-order valence-electron chi connectivity index (χ4n) is 5.14. The summed E-state index contributed by atoms with van der Waals surface area (Å²) in [5.74, 6) is 0.303. The highest BCUT2D eigenvalue weighted by molar-refractivity contribution is 7.15. The Hall–Kier alpha value is -2.13. The summed E-state index contributed by atoms with van der Waals surface area (Å²) in [4.78, 5) is 15.5. The molecule has 2 aliphatic rings. The minimum absolute atomic E-state index is 0.0896. The van der Waals surface area contributed by atoms with Gasteiger partial charge >= 0.3 is 0 Å². The van der Waals surface area contributed by atoms with Gasteiger partial charge in [0.05, 0.1) is 0 Å². The standard InChI is InChI=1S/C23H23NOS/c1-23-12-11-21(25)24(2)20(23)10-8-15-13-16(7-9-19(15)23)22-18-6-4-3-5-17(18)14-26-22/h3-7,9,13-14,20H,8,10-12H2,1-2H3/t20-,23-/m1/s1. The van der Waals surface area contributed by atoms with Crippen LogP contribution in [-0.2, 0) is 16.6 Å². The number of benzene rings is 2. The maximum Gasteiger partial charge on any atom is 0.222 e. The van der Waals surface area contributed by atoms with E-state index < -0.39 is 0 Å². The maximum absolute atomic E-state index is 12.2. The fraction of sp³-hybridized carbons (Fsp3) is 0.348. The first-order valence-electron chi connectivity index (χ1n) is 9.43. The van der Waals surface area contributed by atoms with E-state index in [0.717, 1.165) is 19.3 Å². The lowest BCUT2D eigenvalue weighted by Gasteiger charge is -2.50. The molecule has 0 spiro atoms. The highest BCUT2D eigenvalue weighted by Gasteiger charge is 2.46. The summed E-state index contributed by atoms with van der Waals surface area (Å²) in [6.45, 7) is 2.36. The summed E-state index contributed by atoms with van der Waals surface area (Å²) in [7, 11) is 1.99. The van der Waals surface area contributed by atoms with Gasteiger partial charge < -0.3 is 4.90 Å². The van der Waals surface area contributed by atoms with Gasteiger partial charge in [-0.15, -0.1) is 11.3 Å². The Balaban J connectivity index is 1.60. The second-order valence-electron chi connectivity index (χ2n) is 8.00. The van der Waals surface area contributed by atoms with Gasteiger partial charge in [-0.05, 0) is 46.7 Å². The van der Waals surface area contributed by atoms with Crippen LogP contribution >= 0.6 is 11.3 Å². The average molecular weight is 362 g/mol. The van der Waals surface area contributed by atoms with Gasteiger partial charge in [-0.3, -0.25) is 4.79 Å². The summed E-state index contributed by atoms with van der Waals surface area (Å²) in [5, 5.41) is 4.92. The molecule has 1 fully saturated rings. The zero-order valence-electron chi connectivity index (χ0n) is 15.3. The van der Waals surface area contributed by atoms with Crippen LogP contribution < -0.4 is 0 Å². The third-order valence-electron chi connectivity index (χ3n) is 6.63. The van der Waals surface area contributed by atoms with E-state index in [0.29, 0.717) is 18.4 Å². The third-order valence-corrected chi connectivity index (χ3v) is 7.70. The number of likely N-dealkylation sites (tertiary alicyclic amines) is 1. The maximum atomic E-state index is 12.2. The molecule has 5 rings (SSSR count). The van der Waals surface area contributed by atoms with Crippen molar-refractivity contribution in [2.45, 2.75) is 44.1 Å². The number of nitrogens with zero attached hydrogens (tertiary/aromatic N) is 1. The van der Waals surface area contributed by atoms with Gasteiger partial charge in [-0.1, -0.05) is 49.4 Å². The van der Waals surface area contributed by atoms with Crippen molar-refractivity contribution < 1.29 is 4.79 Å². The van der Waals surface area contributed by atoms with Crippen molar-refractivity contribution in [1.29, 1.82) is 0 Å². The van der Waals surface area contributed by atoms with Gasteiger partial charge in [-0.25, -0.2) is 0 Å². The quantitative estimate of drug-likeness (QED) is 0.569. The third kappa shape index (κ3) is 2.20. The second kappa shape index (κ2) is 5.68. The Morgan fingerprint density at radius 3 is 2.88 bits per heavy atom. The molecule has 132 valence electrons. The molecule has 0 saturated carbocycles. The summed E-state index contributed by atoms with van der Waals surface area (Å²) in [6.07, 6.45) is 3.76. The lowest BCUT2D eigenvalue weighted by atomic mass is 9.63. The molecule has 0 bridgehead atoms. The van der Waals surface area contributed by atoms with Crippen LogP contribution in [0.3, 0.4) is 0 Å². The molecular weight excluding hydrogens is 338 g/mol. The van der Waals surface area contributed by atoms with E-state index in [2.05, 4.69) is 54.8 Å². The number of aryl methyl sites for hydroxylation is 1. The predicted octanol–water partition coefficient (Wildman–Crippen LogP) is 5.39. The number of hydrogen-bond donors (Lipinski definition) is 0. The Kier molecular flexibility index (Phi) is 3.51. The van der Waals surface area contributed by atoms with Crippen LogP contribution in [0, 0.1) is 0 Å². The molecule has 2 atom stereocenters. The Morgan fingerprint density at radius 2 is 2.00 bits per heavy atom. The van der Waals surface area contributed by atoms with E-state index in [1.54, 1.807) is 0 Å². The second-order valence-corrected chi connectivity index (χ2v) is 8.88. The Bertz CT molecular complexity index is 1020. The molecule has 0 radical (unpaired) electrons. The van der Waals surface area contributed by atoms with Crippen molar-refractivity contribution in [3.63, 3.8) is 0 Å². The van der Waals surface area contributed by atoms with E-state index in [9.17, 15) is 4.79 Å². The van der Waals surface area contributed by atoms with E-state index >= 15 is 0 Å². The van der Waals surface area contributed by atoms with Crippen molar-refractivity contribution >= 4 is 28.0 Å². The first-order valence-corrected chi connectivity index (χ1v) is 10.3. The number of hydrogen-bond acceptors (Lipinski definition) is 2. The number of piperidine rings is 1. The molecule has 1 aliphatic carbocycles. The van der Waals surface area contributed by atoms with Crippen molar-refractivity contribution in [2.24, 2.45) is 0 Å².